The average Bonchev–Trinajstić information content (AvgIpc) is 2.49. The number of rotatable bonds is 3. The van der Waals surface area contributed by atoms with Gasteiger partial charge >= 0.3 is 12.2 Å². The number of nitrogens with two attached hydrogens (primary N) is 1. The van der Waals surface area contributed by atoms with Crippen LogP contribution in [0.5, 0.6) is 0 Å². The molecule has 2 aliphatic heterocycles. The summed E-state index contributed by atoms with van der Waals surface area (Å²) in [5, 5.41) is 3.14. The summed E-state index contributed by atoms with van der Waals surface area (Å²) in [4.78, 5) is 31.4. The minimum atomic E-state index is -0.492. The first kappa shape index (κ1) is 23.6. The van der Waals surface area contributed by atoms with Gasteiger partial charge in [0.2, 0.25) is 0 Å². The van der Waals surface area contributed by atoms with E-state index in [9.17, 15) is 9.59 Å². The Balaban J connectivity index is 0.00000364. The molecular formula is C17H32IN5O4. The van der Waals surface area contributed by atoms with E-state index in [4.69, 9.17) is 15.2 Å². The Morgan fingerprint density at radius 1 is 1.15 bits per heavy atom. The summed E-state index contributed by atoms with van der Waals surface area (Å²) in [5.41, 5.74) is 5.49. The lowest BCUT2D eigenvalue weighted by atomic mass is 10.1. The Bertz CT molecular complexity index is 538. The van der Waals surface area contributed by atoms with E-state index in [1.54, 1.807) is 16.7 Å². The highest BCUT2D eigenvalue weighted by Gasteiger charge is 2.34. The molecule has 0 aromatic rings. The number of amides is 2. The molecular weight excluding hydrogens is 465 g/mol. The molecule has 9 nitrogen and oxygen atoms in total. The molecule has 2 fully saturated rings. The second-order valence-electron chi connectivity index (χ2n) is 7.66. The van der Waals surface area contributed by atoms with Gasteiger partial charge in [-0.1, -0.05) is 0 Å². The van der Waals surface area contributed by atoms with Gasteiger partial charge in [0.15, 0.2) is 5.96 Å². The SMILES string of the molecule is CCOC(=O)N1CCC(N=C(N)NC2CN(C(=O)OC(C)(C)C)C2)CC1.I. The Morgan fingerprint density at radius 3 is 2.26 bits per heavy atom. The zero-order chi connectivity index (χ0) is 19.3. The normalized spacial score (nSPS) is 19.0. The van der Waals surface area contributed by atoms with Crippen molar-refractivity contribution in [2.45, 2.75) is 58.2 Å². The minimum Gasteiger partial charge on any atom is -0.450 e. The number of aliphatic imine (C=N–C) groups is 1. The van der Waals surface area contributed by atoms with Crippen molar-refractivity contribution in [2.75, 3.05) is 32.8 Å². The zero-order valence-electron chi connectivity index (χ0n) is 16.6. The number of nitrogens with zero attached hydrogens (tertiary/aromatic N) is 3. The number of nitrogens with one attached hydrogen (secondary N) is 1. The largest absolute Gasteiger partial charge is 0.450 e. The number of carbonyl (C=O) groups is 2. The molecule has 2 saturated heterocycles. The molecule has 10 heteroatoms. The lowest BCUT2D eigenvalue weighted by molar-refractivity contribution is 0.00703. The number of likely N-dealkylation sites (tertiary alicyclic amines) is 2. The van der Waals surface area contributed by atoms with Crippen LogP contribution < -0.4 is 11.1 Å². The van der Waals surface area contributed by atoms with Gasteiger partial charge in [0, 0.05) is 26.2 Å². The molecule has 0 aromatic heterocycles. The number of piperidine rings is 1. The lowest BCUT2D eigenvalue weighted by Crippen LogP contribution is -2.62. The summed E-state index contributed by atoms with van der Waals surface area (Å²) in [6.07, 6.45) is 0.946. The van der Waals surface area contributed by atoms with E-state index in [1.807, 2.05) is 20.8 Å². The van der Waals surface area contributed by atoms with Gasteiger partial charge in [-0.25, -0.2) is 14.6 Å². The fourth-order valence-corrected chi connectivity index (χ4v) is 2.88. The third-order valence-electron chi connectivity index (χ3n) is 4.20. The average molecular weight is 497 g/mol. The summed E-state index contributed by atoms with van der Waals surface area (Å²) < 4.78 is 10.3. The van der Waals surface area contributed by atoms with Crippen LogP contribution in [0.15, 0.2) is 4.99 Å². The first-order valence-corrected chi connectivity index (χ1v) is 9.17. The number of carbonyl (C=O) groups excluding carboxylic acids is 2. The van der Waals surface area contributed by atoms with Crippen molar-refractivity contribution in [3.63, 3.8) is 0 Å². The summed E-state index contributed by atoms with van der Waals surface area (Å²) in [7, 11) is 0. The van der Waals surface area contributed by atoms with E-state index < -0.39 is 5.60 Å². The van der Waals surface area contributed by atoms with Crippen LogP contribution >= 0.6 is 24.0 Å². The van der Waals surface area contributed by atoms with E-state index in [0.717, 1.165) is 12.8 Å². The van der Waals surface area contributed by atoms with Crippen LogP contribution in [0.2, 0.25) is 0 Å². The molecule has 2 amide bonds. The predicted molar refractivity (Wildman–Crippen MR) is 113 cm³/mol. The van der Waals surface area contributed by atoms with Gasteiger partial charge < -0.3 is 30.3 Å². The van der Waals surface area contributed by atoms with Crippen LogP contribution in [-0.2, 0) is 9.47 Å². The quantitative estimate of drug-likeness (QED) is 0.350. The first-order chi connectivity index (χ1) is 12.2. The molecule has 27 heavy (non-hydrogen) atoms. The second kappa shape index (κ2) is 10.2. The molecule has 2 heterocycles. The summed E-state index contributed by atoms with van der Waals surface area (Å²) in [5.74, 6) is 0.383. The third kappa shape index (κ3) is 7.59. The third-order valence-corrected chi connectivity index (χ3v) is 4.20. The molecule has 156 valence electrons. The smallest absolute Gasteiger partial charge is 0.410 e. The van der Waals surface area contributed by atoms with Crippen molar-refractivity contribution in [2.24, 2.45) is 10.7 Å². The highest BCUT2D eigenvalue weighted by molar-refractivity contribution is 14.0. The van der Waals surface area contributed by atoms with Crippen LogP contribution in [0.25, 0.3) is 0 Å². The zero-order valence-corrected chi connectivity index (χ0v) is 18.9. The van der Waals surface area contributed by atoms with Crippen LogP contribution in [0.3, 0.4) is 0 Å². The van der Waals surface area contributed by atoms with E-state index in [1.165, 1.54) is 0 Å². The van der Waals surface area contributed by atoms with Crippen LogP contribution in [0.1, 0.15) is 40.5 Å². The summed E-state index contributed by atoms with van der Waals surface area (Å²) in [6, 6.07) is 0.182. The van der Waals surface area contributed by atoms with E-state index >= 15 is 0 Å². The van der Waals surface area contributed by atoms with Gasteiger partial charge in [-0.3, -0.25) is 0 Å². The number of guanidine groups is 1. The fourth-order valence-electron chi connectivity index (χ4n) is 2.88. The number of halogens is 1. The molecule has 0 saturated carbocycles. The van der Waals surface area contributed by atoms with Crippen molar-refractivity contribution in [1.82, 2.24) is 15.1 Å². The van der Waals surface area contributed by atoms with Crippen molar-refractivity contribution in [3.05, 3.63) is 0 Å². The molecule has 2 aliphatic rings. The van der Waals surface area contributed by atoms with Crippen molar-refractivity contribution in [3.8, 4) is 0 Å². The van der Waals surface area contributed by atoms with Gasteiger partial charge in [0.25, 0.3) is 0 Å². The molecule has 3 N–H and O–H groups in total. The van der Waals surface area contributed by atoms with Crippen molar-refractivity contribution in [1.29, 1.82) is 0 Å². The molecule has 0 spiro atoms. The first-order valence-electron chi connectivity index (χ1n) is 9.17. The number of hydrogen-bond donors (Lipinski definition) is 2. The molecule has 0 atom stereocenters. The summed E-state index contributed by atoms with van der Waals surface area (Å²) in [6.45, 7) is 10.1. The maximum absolute atomic E-state index is 11.9. The Morgan fingerprint density at radius 2 is 1.74 bits per heavy atom. The maximum Gasteiger partial charge on any atom is 0.410 e. The molecule has 2 rings (SSSR count). The summed E-state index contributed by atoms with van der Waals surface area (Å²) >= 11 is 0. The number of hydrogen-bond acceptors (Lipinski definition) is 5. The van der Waals surface area contributed by atoms with Gasteiger partial charge in [0.05, 0.1) is 18.7 Å². The molecule has 0 bridgehead atoms. The van der Waals surface area contributed by atoms with Crippen molar-refractivity contribution >= 4 is 42.1 Å². The van der Waals surface area contributed by atoms with Crippen LogP contribution in [0.4, 0.5) is 9.59 Å². The molecule has 0 unspecified atom stereocenters. The lowest BCUT2D eigenvalue weighted by Gasteiger charge is -2.40. The van der Waals surface area contributed by atoms with E-state index in [0.29, 0.717) is 38.7 Å². The van der Waals surface area contributed by atoms with Gasteiger partial charge in [-0.2, -0.15) is 0 Å². The van der Waals surface area contributed by atoms with Gasteiger partial charge in [-0.05, 0) is 40.5 Å². The fraction of sp³-hybridized carbons (Fsp3) is 0.824. The Hall–Kier alpha value is -1.46. The highest BCUT2D eigenvalue weighted by Crippen LogP contribution is 2.16. The second-order valence-corrected chi connectivity index (χ2v) is 7.66. The monoisotopic (exact) mass is 497 g/mol. The molecule has 0 aromatic carbocycles. The molecule has 0 radical (unpaired) electrons. The number of ether oxygens (including phenoxy) is 2. The Labute approximate surface area is 178 Å². The van der Waals surface area contributed by atoms with E-state index in [-0.39, 0.29) is 48.2 Å². The highest BCUT2D eigenvalue weighted by atomic mass is 127. The predicted octanol–water partition coefficient (Wildman–Crippen LogP) is 1.75. The molecule has 0 aliphatic carbocycles. The van der Waals surface area contributed by atoms with Crippen molar-refractivity contribution < 1.29 is 19.1 Å². The Kier molecular flexibility index (Phi) is 8.89. The van der Waals surface area contributed by atoms with Crippen LogP contribution in [0, 0.1) is 0 Å². The van der Waals surface area contributed by atoms with Gasteiger partial charge in [-0.15, -0.1) is 24.0 Å². The minimum absolute atomic E-state index is 0. The maximum atomic E-state index is 11.9. The standard InChI is InChI=1S/C17H31N5O4.HI/c1-5-25-15(23)21-8-6-12(7-9-21)19-14(18)20-13-10-22(11-13)16(24)26-17(2,3)4;/h12-13H,5-11H2,1-4H3,(H3,18,19,20);1H. The van der Waals surface area contributed by atoms with E-state index in [2.05, 4.69) is 10.3 Å². The van der Waals surface area contributed by atoms with Gasteiger partial charge in [0.1, 0.15) is 5.60 Å². The topological polar surface area (TPSA) is 109 Å². The van der Waals surface area contributed by atoms with Crippen LogP contribution in [-0.4, -0.2) is 78.4 Å².